The molecule has 0 unspecified atom stereocenters. The number of hydrogen-bond acceptors (Lipinski definition) is 4. The Morgan fingerprint density at radius 3 is 2.59 bits per heavy atom. The summed E-state index contributed by atoms with van der Waals surface area (Å²) < 4.78 is 13.1. The van der Waals surface area contributed by atoms with Crippen molar-refractivity contribution >= 4 is 17.3 Å². The third-order valence-corrected chi connectivity index (χ3v) is 2.29. The minimum Gasteiger partial charge on any atom is -0.384 e. The second-order valence-corrected chi connectivity index (χ2v) is 3.81. The van der Waals surface area contributed by atoms with Gasteiger partial charge in [0, 0.05) is 11.8 Å². The normalized spacial score (nSPS) is 10.3. The van der Waals surface area contributed by atoms with Gasteiger partial charge in [0.05, 0.1) is 0 Å². The van der Waals surface area contributed by atoms with Gasteiger partial charge in [-0.1, -0.05) is 0 Å². The number of nitrogens with two attached hydrogens (primary N) is 1. The summed E-state index contributed by atoms with van der Waals surface area (Å²) in [4.78, 5) is 8.16. The Morgan fingerprint density at radius 2 is 1.94 bits per heavy atom. The fraction of sp³-hybridized carbons (Fsp3) is 0.167. The lowest BCUT2D eigenvalue weighted by Crippen LogP contribution is -2.01. The van der Waals surface area contributed by atoms with E-state index in [1.54, 1.807) is 32.0 Å². The van der Waals surface area contributed by atoms with Gasteiger partial charge >= 0.3 is 0 Å². The number of aryl methyl sites for hydroxylation is 2. The summed E-state index contributed by atoms with van der Waals surface area (Å²) in [7, 11) is 0. The highest BCUT2D eigenvalue weighted by atomic mass is 19.1. The van der Waals surface area contributed by atoms with Crippen LogP contribution in [0.15, 0.2) is 24.3 Å². The van der Waals surface area contributed by atoms with E-state index in [0.717, 1.165) is 5.69 Å². The second-order valence-electron chi connectivity index (χ2n) is 3.81. The number of aromatic nitrogens is 2. The summed E-state index contributed by atoms with van der Waals surface area (Å²) >= 11 is 0. The lowest BCUT2D eigenvalue weighted by molar-refractivity contribution is 0.619. The van der Waals surface area contributed by atoms with Crippen molar-refractivity contribution in [1.82, 2.24) is 9.97 Å². The molecule has 1 aromatic carbocycles. The summed E-state index contributed by atoms with van der Waals surface area (Å²) in [6.07, 6.45) is 0. The minimum atomic E-state index is -0.228. The van der Waals surface area contributed by atoms with Gasteiger partial charge in [-0.2, -0.15) is 0 Å². The molecule has 88 valence electrons. The number of anilines is 3. The molecule has 0 bridgehead atoms. The Hall–Kier alpha value is -2.17. The number of halogens is 1. The summed E-state index contributed by atoms with van der Waals surface area (Å²) in [5, 5.41) is 3.06. The highest BCUT2D eigenvalue weighted by Crippen LogP contribution is 2.18. The van der Waals surface area contributed by atoms with Crippen LogP contribution in [-0.4, -0.2) is 9.97 Å². The summed E-state index contributed by atoms with van der Waals surface area (Å²) in [5.74, 6) is 1.36. The molecule has 0 aliphatic rings. The predicted octanol–water partition coefficient (Wildman–Crippen LogP) is 2.56. The van der Waals surface area contributed by atoms with Crippen molar-refractivity contribution < 1.29 is 4.39 Å². The van der Waals surface area contributed by atoms with E-state index in [1.165, 1.54) is 6.07 Å². The molecule has 3 N–H and O–H groups in total. The van der Waals surface area contributed by atoms with Crippen molar-refractivity contribution in [3.8, 4) is 0 Å². The van der Waals surface area contributed by atoms with Crippen LogP contribution in [-0.2, 0) is 0 Å². The second kappa shape index (κ2) is 4.37. The molecule has 0 amide bonds. The topological polar surface area (TPSA) is 63.8 Å². The molecule has 0 spiro atoms. The molecular formula is C12H13FN4. The van der Waals surface area contributed by atoms with Crippen molar-refractivity contribution in [3.05, 3.63) is 41.5 Å². The molecule has 17 heavy (non-hydrogen) atoms. The van der Waals surface area contributed by atoms with Gasteiger partial charge in [0.15, 0.2) is 0 Å². The van der Waals surface area contributed by atoms with Crippen LogP contribution in [0.2, 0.25) is 0 Å². The summed E-state index contributed by atoms with van der Waals surface area (Å²) in [6, 6.07) is 6.40. The van der Waals surface area contributed by atoms with Gasteiger partial charge in [-0.25, -0.2) is 14.4 Å². The first-order valence-electron chi connectivity index (χ1n) is 5.19. The monoisotopic (exact) mass is 232 g/mol. The van der Waals surface area contributed by atoms with Crippen molar-refractivity contribution in [1.29, 1.82) is 0 Å². The average Bonchev–Trinajstić information content (AvgIpc) is 2.22. The fourth-order valence-electron chi connectivity index (χ4n) is 1.53. The Labute approximate surface area is 98.7 Å². The number of rotatable bonds is 2. The van der Waals surface area contributed by atoms with E-state index in [-0.39, 0.29) is 5.82 Å². The summed E-state index contributed by atoms with van der Waals surface area (Å²) in [5.41, 5.74) is 6.96. The number of nitrogens with one attached hydrogen (secondary N) is 1. The standard InChI is InChI=1S/C12H13FN4/c1-7-5-9(3-4-10(7)13)17-12-6-11(14)15-8(2)16-12/h3-6H,1-2H3,(H3,14,15,16,17). The van der Waals surface area contributed by atoms with E-state index >= 15 is 0 Å². The van der Waals surface area contributed by atoms with Crippen LogP contribution in [0.3, 0.4) is 0 Å². The zero-order valence-electron chi connectivity index (χ0n) is 9.66. The lowest BCUT2D eigenvalue weighted by atomic mass is 10.2. The summed E-state index contributed by atoms with van der Waals surface area (Å²) in [6.45, 7) is 3.47. The first-order valence-corrected chi connectivity index (χ1v) is 5.19. The van der Waals surface area contributed by atoms with Crippen molar-refractivity contribution in [2.75, 3.05) is 11.1 Å². The maximum atomic E-state index is 13.1. The zero-order valence-corrected chi connectivity index (χ0v) is 9.66. The number of hydrogen-bond donors (Lipinski definition) is 2. The first-order chi connectivity index (χ1) is 8.04. The average molecular weight is 232 g/mol. The van der Waals surface area contributed by atoms with E-state index in [0.29, 0.717) is 23.0 Å². The van der Waals surface area contributed by atoms with Gasteiger partial charge < -0.3 is 11.1 Å². The molecule has 1 aromatic heterocycles. The quantitative estimate of drug-likeness (QED) is 0.835. The minimum absolute atomic E-state index is 0.228. The highest BCUT2D eigenvalue weighted by Gasteiger charge is 2.02. The third-order valence-electron chi connectivity index (χ3n) is 2.29. The van der Waals surface area contributed by atoms with Crippen molar-refractivity contribution in [2.45, 2.75) is 13.8 Å². The Kier molecular flexibility index (Phi) is 2.91. The van der Waals surface area contributed by atoms with Crippen LogP contribution in [0.25, 0.3) is 0 Å². The van der Waals surface area contributed by atoms with Crippen LogP contribution in [0.4, 0.5) is 21.7 Å². The fourth-order valence-corrected chi connectivity index (χ4v) is 1.53. The predicted molar refractivity (Wildman–Crippen MR) is 65.6 cm³/mol. The third kappa shape index (κ3) is 2.69. The Bertz CT molecular complexity index is 534. The van der Waals surface area contributed by atoms with Crippen LogP contribution in [0.1, 0.15) is 11.4 Å². The number of nitrogens with zero attached hydrogens (tertiary/aromatic N) is 2. The Balaban J connectivity index is 2.28. The van der Waals surface area contributed by atoms with Crippen LogP contribution in [0.5, 0.6) is 0 Å². The van der Waals surface area contributed by atoms with Gasteiger partial charge in [0.25, 0.3) is 0 Å². The molecule has 0 atom stereocenters. The van der Waals surface area contributed by atoms with Crippen molar-refractivity contribution in [3.63, 3.8) is 0 Å². The zero-order chi connectivity index (χ0) is 12.4. The van der Waals surface area contributed by atoms with E-state index in [4.69, 9.17) is 5.73 Å². The first kappa shape index (κ1) is 11.3. The van der Waals surface area contributed by atoms with E-state index in [1.807, 2.05) is 0 Å². The molecule has 2 aromatic rings. The van der Waals surface area contributed by atoms with Gasteiger partial charge in [0.2, 0.25) is 0 Å². The van der Waals surface area contributed by atoms with E-state index in [2.05, 4.69) is 15.3 Å². The van der Waals surface area contributed by atoms with Gasteiger partial charge in [-0.05, 0) is 37.6 Å². The molecule has 2 rings (SSSR count). The molecule has 0 fully saturated rings. The highest BCUT2D eigenvalue weighted by molar-refractivity contribution is 5.59. The van der Waals surface area contributed by atoms with Gasteiger partial charge in [-0.3, -0.25) is 0 Å². The maximum absolute atomic E-state index is 13.1. The largest absolute Gasteiger partial charge is 0.384 e. The molecule has 0 aliphatic heterocycles. The molecule has 1 heterocycles. The maximum Gasteiger partial charge on any atom is 0.136 e. The van der Waals surface area contributed by atoms with Crippen molar-refractivity contribution in [2.24, 2.45) is 0 Å². The van der Waals surface area contributed by atoms with Crippen LogP contribution in [0, 0.1) is 19.7 Å². The van der Waals surface area contributed by atoms with E-state index < -0.39 is 0 Å². The molecular weight excluding hydrogens is 219 g/mol. The van der Waals surface area contributed by atoms with Crippen LogP contribution < -0.4 is 11.1 Å². The SMILES string of the molecule is Cc1nc(N)cc(Nc2ccc(F)c(C)c2)n1. The molecule has 5 heteroatoms. The van der Waals surface area contributed by atoms with Gasteiger partial charge in [-0.15, -0.1) is 0 Å². The smallest absolute Gasteiger partial charge is 0.136 e. The molecule has 0 radical (unpaired) electrons. The van der Waals surface area contributed by atoms with E-state index in [9.17, 15) is 4.39 Å². The number of nitrogen functional groups attached to an aromatic ring is 1. The van der Waals surface area contributed by atoms with Crippen LogP contribution >= 0.6 is 0 Å². The molecule has 0 saturated carbocycles. The number of benzene rings is 1. The molecule has 0 saturated heterocycles. The lowest BCUT2D eigenvalue weighted by Gasteiger charge is -2.08. The molecule has 0 aliphatic carbocycles. The molecule has 4 nitrogen and oxygen atoms in total. The Morgan fingerprint density at radius 1 is 1.18 bits per heavy atom. The van der Waals surface area contributed by atoms with Gasteiger partial charge in [0.1, 0.15) is 23.3 Å².